The van der Waals surface area contributed by atoms with Crippen molar-refractivity contribution < 1.29 is 4.74 Å². The van der Waals surface area contributed by atoms with Crippen LogP contribution in [0.15, 0.2) is 61.8 Å². The fourth-order valence-corrected chi connectivity index (χ4v) is 4.10. The first-order valence-electron chi connectivity index (χ1n) is 11.1. The SMILES string of the molecule is COC[C@H]1CN(c2cc(Cl)ncn2)CCN1c1ncc(/C=C/c2ccc(-n3ccnc3)nc2)cn1. The zero-order valence-electron chi connectivity index (χ0n) is 19.1. The maximum atomic E-state index is 6.05. The molecule has 0 amide bonds. The van der Waals surface area contributed by atoms with E-state index >= 15 is 0 Å². The number of imidazole rings is 1. The van der Waals surface area contributed by atoms with Crippen LogP contribution in [0, 0.1) is 0 Å². The van der Waals surface area contributed by atoms with E-state index in [0.717, 1.165) is 35.9 Å². The Morgan fingerprint density at radius 2 is 1.83 bits per heavy atom. The van der Waals surface area contributed by atoms with Gasteiger partial charge in [-0.1, -0.05) is 23.8 Å². The van der Waals surface area contributed by atoms with Gasteiger partial charge in [-0.05, 0) is 17.7 Å². The maximum Gasteiger partial charge on any atom is 0.225 e. The number of aromatic nitrogens is 7. The normalized spacial score (nSPS) is 16.2. The molecule has 1 saturated heterocycles. The van der Waals surface area contributed by atoms with E-state index < -0.39 is 0 Å². The molecule has 1 aliphatic heterocycles. The molecule has 1 fully saturated rings. The first-order chi connectivity index (χ1) is 17.2. The second-order valence-electron chi connectivity index (χ2n) is 8.02. The molecule has 0 saturated carbocycles. The van der Waals surface area contributed by atoms with Gasteiger partial charge in [0.15, 0.2) is 0 Å². The lowest BCUT2D eigenvalue weighted by Gasteiger charge is -2.41. The Balaban J connectivity index is 1.25. The highest BCUT2D eigenvalue weighted by Crippen LogP contribution is 2.22. The number of ether oxygens (including phenoxy) is 1. The number of piperazine rings is 1. The molecular weight excluding hydrogens is 466 g/mol. The number of nitrogens with zero attached hydrogens (tertiary/aromatic N) is 9. The molecule has 0 aromatic carbocycles. The van der Waals surface area contributed by atoms with E-state index in [-0.39, 0.29) is 6.04 Å². The van der Waals surface area contributed by atoms with Crippen LogP contribution in [-0.4, -0.2) is 73.9 Å². The van der Waals surface area contributed by atoms with Gasteiger partial charge in [-0.15, -0.1) is 0 Å². The van der Waals surface area contributed by atoms with Gasteiger partial charge in [-0.3, -0.25) is 4.57 Å². The van der Waals surface area contributed by atoms with E-state index in [9.17, 15) is 0 Å². The number of anilines is 2. The molecule has 4 aromatic rings. The van der Waals surface area contributed by atoms with Crippen LogP contribution in [0.25, 0.3) is 18.0 Å². The number of pyridine rings is 1. The van der Waals surface area contributed by atoms with Crippen LogP contribution >= 0.6 is 11.6 Å². The summed E-state index contributed by atoms with van der Waals surface area (Å²) in [4.78, 5) is 30.4. The molecule has 5 rings (SSSR count). The van der Waals surface area contributed by atoms with Crippen LogP contribution < -0.4 is 9.80 Å². The lowest BCUT2D eigenvalue weighted by Crippen LogP contribution is -2.56. The standard InChI is InChI=1S/C24H24ClN9O/c1-35-15-20-14-32(23-10-21(25)30-16-31-23)8-9-34(20)24-28-12-19(13-29-24)3-2-18-4-5-22(27-11-18)33-7-6-26-17-33/h2-7,10-13,16-17,20H,8-9,14-15H2,1H3/b3-2+/t20-/m1/s1. The summed E-state index contributed by atoms with van der Waals surface area (Å²) in [5.41, 5.74) is 1.89. The van der Waals surface area contributed by atoms with Gasteiger partial charge in [0.25, 0.3) is 0 Å². The van der Waals surface area contributed by atoms with Crippen LogP contribution in [0.4, 0.5) is 11.8 Å². The molecule has 0 bridgehead atoms. The fourth-order valence-electron chi connectivity index (χ4n) is 3.96. The second kappa shape index (κ2) is 10.6. The summed E-state index contributed by atoms with van der Waals surface area (Å²) >= 11 is 6.05. The molecule has 0 spiro atoms. The number of rotatable bonds is 7. The summed E-state index contributed by atoms with van der Waals surface area (Å²) in [7, 11) is 1.70. The molecule has 4 aromatic heterocycles. The van der Waals surface area contributed by atoms with E-state index in [0.29, 0.717) is 24.3 Å². The summed E-state index contributed by atoms with van der Waals surface area (Å²) in [6.07, 6.45) is 16.2. The molecular formula is C24H24ClN9O. The Morgan fingerprint density at radius 1 is 1.00 bits per heavy atom. The van der Waals surface area contributed by atoms with Crippen molar-refractivity contribution in [3.05, 3.63) is 78.1 Å². The summed E-state index contributed by atoms with van der Waals surface area (Å²) in [6.45, 7) is 2.76. The third kappa shape index (κ3) is 5.44. The number of methoxy groups -OCH3 is 1. The molecule has 11 heteroatoms. The summed E-state index contributed by atoms with van der Waals surface area (Å²) < 4.78 is 7.34. The Morgan fingerprint density at radius 3 is 2.54 bits per heavy atom. The minimum absolute atomic E-state index is 0.0731. The molecule has 1 aliphatic rings. The molecule has 0 aliphatic carbocycles. The Kier molecular flexibility index (Phi) is 6.92. The van der Waals surface area contributed by atoms with E-state index in [1.54, 1.807) is 25.7 Å². The largest absolute Gasteiger partial charge is 0.382 e. The third-order valence-electron chi connectivity index (χ3n) is 5.71. The molecule has 0 unspecified atom stereocenters. The highest BCUT2D eigenvalue weighted by molar-refractivity contribution is 6.29. The van der Waals surface area contributed by atoms with Gasteiger partial charge in [0.2, 0.25) is 5.95 Å². The summed E-state index contributed by atoms with van der Waals surface area (Å²) in [5.74, 6) is 2.30. The Labute approximate surface area is 208 Å². The predicted octanol–water partition coefficient (Wildman–Crippen LogP) is 3.01. The quantitative estimate of drug-likeness (QED) is 0.363. The zero-order valence-corrected chi connectivity index (χ0v) is 19.9. The summed E-state index contributed by atoms with van der Waals surface area (Å²) in [5, 5.41) is 0.428. The average Bonchev–Trinajstić information content (AvgIpc) is 3.44. The Hall–Kier alpha value is -3.89. The molecule has 0 N–H and O–H groups in total. The molecule has 178 valence electrons. The van der Waals surface area contributed by atoms with Crippen molar-refractivity contribution in [2.45, 2.75) is 6.04 Å². The van der Waals surface area contributed by atoms with Crippen molar-refractivity contribution >= 4 is 35.5 Å². The maximum absolute atomic E-state index is 6.05. The first-order valence-corrected chi connectivity index (χ1v) is 11.5. The van der Waals surface area contributed by atoms with Crippen LogP contribution in [0.2, 0.25) is 5.15 Å². The van der Waals surface area contributed by atoms with E-state index in [4.69, 9.17) is 16.3 Å². The van der Waals surface area contributed by atoms with Gasteiger partial charge in [0, 0.05) is 69.4 Å². The highest BCUT2D eigenvalue weighted by atomic mass is 35.5. The van der Waals surface area contributed by atoms with E-state index in [2.05, 4.69) is 39.7 Å². The van der Waals surface area contributed by atoms with Crippen LogP contribution in [-0.2, 0) is 4.74 Å². The summed E-state index contributed by atoms with van der Waals surface area (Å²) in [6, 6.07) is 5.81. The number of hydrogen-bond donors (Lipinski definition) is 0. The van der Waals surface area contributed by atoms with Gasteiger partial charge in [-0.2, -0.15) is 0 Å². The fraction of sp³-hybridized carbons (Fsp3) is 0.250. The highest BCUT2D eigenvalue weighted by Gasteiger charge is 2.29. The topological polar surface area (TPSA) is 98.0 Å². The lowest BCUT2D eigenvalue weighted by atomic mass is 10.2. The van der Waals surface area contributed by atoms with Crippen molar-refractivity contribution in [1.29, 1.82) is 0 Å². The monoisotopic (exact) mass is 489 g/mol. The first kappa shape index (κ1) is 22.9. The molecule has 1 atom stereocenters. The smallest absolute Gasteiger partial charge is 0.225 e. The lowest BCUT2D eigenvalue weighted by molar-refractivity contribution is 0.173. The van der Waals surface area contributed by atoms with Crippen molar-refractivity contribution in [2.75, 3.05) is 43.2 Å². The molecule has 0 radical (unpaired) electrons. The average molecular weight is 490 g/mol. The molecule has 35 heavy (non-hydrogen) atoms. The van der Waals surface area contributed by atoms with E-state index in [1.807, 2.05) is 53.6 Å². The predicted molar refractivity (Wildman–Crippen MR) is 135 cm³/mol. The van der Waals surface area contributed by atoms with Crippen LogP contribution in [0.1, 0.15) is 11.1 Å². The van der Waals surface area contributed by atoms with Gasteiger partial charge < -0.3 is 14.5 Å². The minimum Gasteiger partial charge on any atom is -0.382 e. The van der Waals surface area contributed by atoms with Gasteiger partial charge in [0.1, 0.15) is 29.4 Å². The second-order valence-corrected chi connectivity index (χ2v) is 8.40. The van der Waals surface area contributed by atoms with Crippen molar-refractivity contribution in [3.8, 4) is 5.82 Å². The van der Waals surface area contributed by atoms with Crippen molar-refractivity contribution in [1.82, 2.24) is 34.5 Å². The minimum atomic E-state index is 0.0731. The molecule has 10 nitrogen and oxygen atoms in total. The van der Waals surface area contributed by atoms with Gasteiger partial charge >= 0.3 is 0 Å². The Bertz CT molecular complexity index is 1260. The van der Waals surface area contributed by atoms with Gasteiger partial charge in [0.05, 0.1) is 12.6 Å². The van der Waals surface area contributed by atoms with Crippen molar-refractivity contribution in [3.63, 3.8) is 0 Å². The van der Waals surface area contributed by atoms with E-state index in [1.165, 1.54) is 6.33 Å². The number of hydrogen-bond acceptors (Lipinski definition) is 9. The third-order valence-corrected chi connectivity index (χ3v) is 5.91. The van der Waals surface area contributed by atoms with Crippen molar-refractivity contribution in [2.24, 2.45) is 0 Å². The zero-order chi connectivity index (χ0) is 24.0. The van der Waals surface area contributed by atoms with Crippen LogP contribution in [0.3, 0.4) is 0 Å². The number of halogens is 1. The molecule has 5 heterocycles. The van der Waals surface area contributed by atoms with Crippen LogP contribution in [0.5, 0.6) is 0 Å². The van der Waals surface area contributed by atoms with Gasteiger partial charge in [-0.25, -0.2) is 29.9 Å².